The molecular formula is C12H17ClFN3O2. The van der Waals surface area contributed by atoms with Crippen molar-refractivity contribution in [2.45, 2.75) is 6.42 Å². The summed E-state index contributed by atoms with van der Waals surface area (Å²) in [5, 5.41) is 2.55. The molecule has 1 aromatic carbocycles. The van der Waals surface area contributed by atoms with E-state index in [0.717, 1.165) is 6.07 Å². The molecule has 0 unspecified atom stereocenters. The van der Waals surface area contributed by atoms with Crippen LogP contribution in [-0.2, 0) is 4.79 Å². The Morgan fingerprint density at radius 1 is 1.37 bits per heavy atom. The summed E-state index contributed by atoms with van der Waals surface area (Å²) in [6, 6.07) is 3.86. The van der Waals surface area contributed by atoms with Crippen LogP contribution in [-0.4, -0.2) is 37.4 Å². The van der Waals surface area contributed by atoms with Gasteiger partial charge in [-0.05, 0) is 18.2 Å². The molecule has 2 amide bonds. The Morgan fingerprint density at radius 3 is 2.53 bits per heavy atom. The molecule has 19 heavy (non-hydrogen) atoms. The highest BCUT2D eigenvalue weighted by atomic mass is 35.5. The summed E-state index contributed by atoms with van der Waals surface area (Å²) in [7, 11) is 3.06. The van der Waals surface area contributed by atoms with E-state index >= 15 is 0 Å². The minimum absolute atomic E-state index is 0. The molecule has 0 radical (unpaired) electrons. The minimum Gasteiger partial charge on any atom is -0.345 e. The van der Waals surface area contributed by atoms with Gasteiger partial charge in [0.2, 0.25) is 5.91 Å². The molecule has 0 atom stereocenters. The zero-order chi connectivity index (χ0) is 13.7. The van der Waals surface area contributed by atoms with Crippen molar-refractivity contribution in [1.82, 2.24) is 4.90 Å². The standard InChI is InChI=1S/C12H16FN3O2.ClH/c1-16(2)12(18)9-7-8(3-4-10(9)13)15-11(17)5-6-14;/h3-4,7H,5-6,14H2,1-2H3,(H,15,17);1H. The lowest BCUT2D eigenvalue weighted by Crippen LogP contribution is -2.23. The normalized spacial score (nSPS) is 9.47. The van der Waals surface area contributed by atoms with E-state index in [1.54, 1.807) is 0 Å². The Labute approximate surface area is 117 Å². The molecule has 0 aromatic heterocycles. The van der Waals surface area contributed by atoms with E-state index in [4.69, 9.17) is 5.73 Å². The number of anilines is 1. The summed E-state index contributed by atoms with van der Waals surface area (Å²) in [4.78, 5) is 24.3. The summed E-state index contributed by atoms with van der Waals surface area (Å²) in [6.45, 7) is 0.233. The lowest BCUT2D eigenvalue weighted by Gasteiger charge is -2.12. The molecule has 0 bridgehead atoms. The third-order valence-corrected chi connectivity index (χ3v) is 2.26. The van der Waals surface area contributed by atoms with Crippen molar-refractivity contribution in [2.75, 3.05) is 26.0 Å². The molecule has 0 spiro atoms. The Kier molecular flexibility index (Phi) is 7.03. The summed E-state index contributed by atoms with van der Waals surface area (Å²) in [5.41, 5.74) is 5.54. The molecule has 3 N–H and O–H groups in total. The predicted molar refractivity (Wildman–Crippen MR) is 74.0 cm³/mol. The van der Waals surface area contributed by atoms with Gasteiger partial charge in [0.05, 0.1) is 5.56 Å². The van der Waals surface area contributed by atoms with Crippen molar-refractivity contribution in [2.24, 2.45) is 5.73 Å². The van der Waals surface area contributed by atoms with Crippen molar-refractivity contribution in [3.8, 4) is 0 Å². The fourth-order valence-corrected chi connectivity index (χ4v) is 1.36. The minimum atomic E-state index is -0.620. The third-order valence-electron chi connectivity index (χ3n) is 2.26. The average Bonchev–Trinajstić information content (AvgIpc) is 2.31. The maximum absolute atomic E-state index is 13.5. The number of hydrogen-bond acceptors (Lipinski definition) is 3. The largest absolute Gasteiger partial charge is 0.345 e. The van der Waals surface area contributed by atoms with Crippen LogP contribution in [0, 0.1) is 5.82 Å². The van der Waals surface area contributed by atoms with E-state index < -0.39 is 11.7 Å². The van der Waals surface area contributed by atoms with Crippen LogP contribution < -0.4 is 11.1 Å². The van der Waals surface area contributed by atoms with Crippen LogP contribution >= 0.6 is 12.4 Å². The highest BCUT2D eigenvalue weighted by Crippen LogP contribution is 2.16. The van der Waals surface area contributed by atoms with Crippen molar-refractivity contribution >= 4 is 29.9 Å². The van der Waals surface area contributed by atoms with Gasteiger partial charge < -0.3 is 16.0 Å². The highest BCUT2D eigenvalue weighted by molar-refractivity contribution is 5.97. The first-order valence-corrected chi connectivity index (χ1v) is 5.47. The van der Waals surface area contributed by atoms with Gasteiger partial charge in [-0.15, -0.1) is 12.4 Å². The summed E-state index contributed by atoms with van der Waals surface area (Å²) in [5.74, 6) is -1.35. The fraction of sp³-hybridized carbons (Fsp3) is 0.333. The second kappa shape index (κ2) is 7.70. The van der Waals surface area contributed by atoms with Gasteiger partial charge in [-0.2, -0.15) is 0 Å². The first-order chi connectivity index (χ1) is 8.45. The zero-order valence-electron chi connectivity index (χ0n) is 10.8. The summed E-state index contributed by atoms with van der Waals surface area (Å²) >= 11 is 0. The Hall–Kier alpha value is -1.66. The van der Waals surface area contributed by atoms with Crippen molar-refractivity contribution < 1.29 is 14.0 Å². The van der Waals surface area contributed by atoms with E-state index in [2.05, 4.69) is 5.32 Å². The maximum atomic E-state index is 13.5. The number of carbonyl (C=O) groups excluding carboxylic acids is 2. The molecule has 106 valence electrons. The number of benzene rings is 1. The van der Waals surface area contributed by atoms with Gasteiger partial charge in [0, 0.05) is 32.7 Å². The smallest absolute Gasteiger partial charge is 0.256 e. The average molecular weight is 290 g/mol. The van der Waals surface area contributed by atoms with Gasteiger partial charge in [0.15, 0.2) is 0 Å². The number of halogens is 2. The van der Waals surface area contributed by atoms with E-state index in [0.29, 0.717) is 5.69 Å². The first kappa shape index (κ1) is 17.3. The van der Waals surface area contributed by atoms with Gasteiger partial charge in [-0.1, -0.05) is 0 Å². The Balaban J connectivity index is 0.00000324. The number of rotatable bonds is 4. The lowest BCUT2D eigenvalue weighted by atomic mass is 10.1. The summed E-state index contributed by atoms with van der Waals surface area (Å²) in [6.07, 6.45) is 0.175. The number of nitrogens with two attached hydrogens (primary N) is 1. The summed E-state index contributed by atoms with van der Waals surface area (Å²) < 4.78 is 13.5. The van der Waals surface area contributed by atoms with Crippen molar-refractivity contribution in [3.05, 3.63) is 29.6 Å². The molecule has 1 rings (SSSR count). The predicted octanol–water partition coefficient (Wildman–Crippen LogP) is 1.24. The van der Waals surface area contributed by atoms with Crippen LogP contribution in [0.4, 0.5) is 10.1 Å². The number of carbonyl (C=O) groups is 2. The van der Waals surface area contributed by atoms with Gasteiger partial charge in [0.1, 0.15) is 5.82 Å². The monoisotopic (exact) mass is 289 g/mol. The molecule has 7 heteroatoms. The molecule has 0 saturated heterocycles. The lowest BCUT2D eigenvalue weighted by molar-refractivity contribution is -0.116. The number of amides is 2. The number of nitrogens with one attached hydrogen (secondary N) is 1. The molecule has 1 aromatic rings. The van der Waals surface area contributed by atoms with Gasteiger partial charge in [-0.25, -0.2) is 4.39 Å². The SMILES string of the molecule is CN(C)C(=O)c1cc(NC(=O)CCN)ccc1F.Cl. The zero-order valence-corrected chi connectivity index (χ0v) is 11.6. The van der Waals surface area contributed by atoms with E-state index in [1.165, 1.54) is 31.1 Å². The van der Waals surface area contributed by atoms with Crippen molar-refractivity contribution in [1.29, 1.82) is 0 Å². The third kappa shape index (κ3) is 4.84. The number of hydrogen-bond donors (Lipinski definition) is 2. The van der Waals surface area contributed by atoms with Crippen LogP contribution in [0.2, 0.25) is 0 Å². The van der Waals surface area contributed by atoms with Crippen LogP contribution in [0.3, 0.4) is 0 Å². The van der Waals surface area contributed by atoms with Crippen LogP contribution in [0.15, 0.2) is 18.2 Å². The van der Waals surface area contributed by atoms with Crippen molar-refractivity contribution in [3.63, 3.8) is 0 Å². The topological polar surface area (TPSA) is 75.4 Å². The molecule has 0 saturated carbocycles. The molecule has 0 aliphatic rings. The Morgan fingerprint density at radius 2 is 2.00 bits per heavy atom. The van der Waals surface area contributed by atoms with Crippen LogP contribution in [0.1, 0.15) is 16.8 Å². The maximum Gasteiger partial charge on any atom is 0.256 e. The molecule has 5 nitrogen and oxygen atoms in total. The molecule has 0 heterocycles. The highest BCUT2D eigenvalue weighted by Gasteiger charge is 2.14. The molecule has 0 aliphatic heterocycles. The van der Waals surface area contributed by atoms with Gasteiger partial charge in [-0.3, -0.25) is 9.59 Å². The first-order valence-electron chi connectivity index (χ1n) is 5.47. The van der Waals surface area contributed by atoms with Crippen LogP contribution in [0.5, 0.6) is 0 Å². The Bertz CT molecular complexity index is 466. The van der Waals surface area contributed by atoms with E-state index in [9.17, 15) is 14.0 Å². The quantitative estimate of drug-likeness (QED) is 0.875. The number of nitrogens with zero attached hydrogens (tertiary/aromatic N) is 1. The van der Waals surface area contributed by atoms with Crippen LogP contribution in [0.25, 0.3) is 0 Å². The molecular weight excluding hydrogens is 273 g/mol. The molecule has 0 aliphatic carbocycles. The second-order valence-corrected chi connectivity index (χ2v) is 3.98. The second-order valence-electron chi connectivity index (χ2n) is 3.98. The fourth-order valence-electron chi connectivity index (χ4n) is 1.36. The van der Waals surface area contributed by atoms with E-state index in [1.807, 2.05) is 0 Å². The molecule has 0 fully saturated rings. The van der Waals surface area contributed by atoms with Gasteiger partial charge in [0.25, 0.3) is 5.91 Å². The van der Waals surface area contributed by atoms with E-state index in [-0.39, 0.29) is 36.8 Å². The van der Waals surface area contributed by atoms with Gasteiger partial charge >= 0.3 is 0 Å².